The van der Waals surface area contributed by atoms with E-state index < -0.39 is 12.5 Å². The summed E-state index contributed by atoms with van der Waals surface area (Å²) in [5, 5.41) is 17.9. The molecule has 1 aliphatic rings. The molecule has 3 aromatic carbocycles. The molecule has 1 amide bonds. The highest BCUT2D eigenvalue weighted by Gasteiger charge is 2.31. The van der Waals surface area contributed by atoms with Crippen molar-refractivity contribution in [2.24, 2.45) is 4.99 Å². The lowest BCUT2D eigenvalue weighted by Gasteiger charge is -2.26. The SMILES string of the molecule is CC(C)c1cccc(C(C)C)c1NC(O)NC1N=C(c2ccccc2)c2cc(Cl)ccc2N(C)C1=O. The lowest BCUT2D eigenvalue weighted by molar-refractivity contribution is -0.120. The highest BCUT2D eigenvalue weighted by Crippen LogP contribution is 2.33. The summed E-state index contributed by atoms with van der Waals surface area (Å²) in [7, 11) is 1.71. The van der Waals surface area contributed by atoms with Crippen LogP contribution in [0.4, 0.5) is 11.4 Å². The van der Waals surface area contributed by atoms with Crippen molar-refractivity contribution in [1.82, 2.24) is 5.32 Å². The molecular weight excluding hydrogens is 472 g/mol. The summed E-state index contributed by atoms with van der Waals surface area (Å²) < 4.78 is 0. The fraction of sp³-hybridized carbons (Fsp3) is 0.310. The number of likely N-dealkylation sites (N-methyl/N-ethyl adjacent to an activating group) is 1. The minimum atomic E-state index is -1.21. The quantitative estimate of drug-likeness (QED) is 0.360. The van der Waals surface area contributed by atoms with E-state index in [1.807, 2.05) is 48.5 Å². The van der Waals surface area contributed by atoms with E-state index in [9.17, 15) is 9.90 Å². The molecule has 0 aliphatic carbocycles. The second-order valence-electron chi connectivity index (χ2n) is 9.64. The van der Waals surface area contributed by atoms with Gasteiger partial charge in [0.25, 0.3) is 5.91 Å². The van der Waals surface area contributed by atoms with Gasteiger partial charge in [0, 0.05) is 28.9 Å². The van der Waals surface area contributed by atoms with E-state index in [0.29, 0.717) is 16.4 Å². The van der Waals surface area contributed by atoms with Crippen LogP contribution in [0.1, 0.15) is 61.8 Å². The number of anilines is 2. The van der Waals surface area contributed by atoms with Gasteiger partial charge in [-0.3, -0.25) is 9.79 Å². The first-order valence-corrected chi connectivity index (χ1v) is 12.6. The third-order valence-electron chi connectivity index (χ3n) is 6.41. The molecule has 6 nitrogen and oxygen atoms in total. The summed E-state index contributed by atoms with van der Waals surface area (Å²) in [4.78, 5) is 19.9. The zero-order valence-corrected chi connectivity index (χ0v) is 22.0. The molecule has 36 heavy (non-hydrogen) atoms. The van der Waals surface area contributed by atoms with Gasteiger partial charge in [0.1, 0.15) is 0 Å². The smallest absolute Gasteiger partial charge is 0.266 e. The first-order chi connectivity index (χ1) is 17.2. The van der Waals surface area contributed by atoms with Crippen LogP contribution in [-0.4, -0.2) is 36.3 Å². The third kappa shape index (κ3) is 5.31. The van der Waals surface area contributed by atoms with Crippen LogP contribution in [-0.2, 0) is 4.79 Å². The summed E-state index contributed by atoms with van der Waals surface area (Å²) in [5.41, 5.74) is 6.00. The van der Waals surface area contributed by atoms with Gasteiger partial charge in [-0.25, -0.2) is 5.32 Å². The van der Waals surface area contributed by atoms with Gasteiger partial charge in [0.15, 0.2) is 12.5 Å². The minimum Gasteiger partial charge on any atom is -0.361 e. The Bertz CT molecular complexity index is 1250. The van der Waals surface area contributed by atoms with Crippen molar-refractivity contribution in [3.63, 3.8) is 0 Å². The molecule has 0 fully saturated rings. The second-order valence-corrected chi connectivity index (χ2v) is 10.1. The third-order valence-corrected chi connectivity index (χ3v) is 6.65. The number of aliphatic hydroxyl groups is 1. The Hall–Kier alpha value is -3.19. The van der Waals surface area contributed by atoms with Crippen molar-refractivity contribution in [3.8, 4) is 0 Å². The maximum absolute atomic E-state index is 13.5. The molecule has 4 rings (SSSR count). The van der Waals surface area contributed by atoms with Gasteiger partial charge in [-0.2, -0.15) is 0 Å². The summed E-state index contributed by atoms with van der Waals surface area (Å²) >= 11 is 6.33. The van der Waals surface area contributed by atoms with Crippen LogP contribution in [0, 0.1) is 0 Å². The summed E-state index contributed by atoms with van der Waals surface area (Å²) in [6, 6.07) is 21.2. The van der Waals surface area contributed by atoms with Gasteiger partial charge in [0.2, 0.25) is 0 Å². The Morgan fingerprint density at radius 1 is 0.944 bits per heavy atom. The van der Waals surface area contributed by atoms with E-state index in [0.717, 1.165) is 27.9 Å². The first-order valence-electron chi connectivity index (χ1n) is 12.2. The van der Waals surface area contributed by atoms with Gasteiger partial charge in [0.05, 0.1) is 11.4 Å². The molecule has 0 saturated carbocycles. The number of carbonyl (C=O) groups is 1. The van der Waals surface area contributed by atoms with Crippen LogP contribution in [0.5, 0.6) is 0 Å². The van der Waals surface area contributed by atoms with E-state index in [2.05, 4.69) is 50.5 Å². The van der Waals surface area contributed by atoms with Crippen LogP contribution in [0.3, 0.4) is 0 Å². The molecule has 188 valence electrons. The Morgan fingerprint density at radius 3 is 2.19 bits per heavy atom. The van der Waals surface area contributed by atoms with Crippen LogP contribution >= 0.6 is 11.6 Å². The largest absolute Gasteiger partial charge is 0.361 e. The highest BCUT2D eigenvalue weighted by molar-refractivity contribution is 6.32. The molecule has 0 spiro atoms. The zero-order valence-electron chi connectivity index (χ0n) is 21.3. The number of fused-ring (bicyclic) bond motifs is 1. The van der Waals surface area contributed by atoms with Crippen molar-refractivity contribution in [2.45, 2.75) is 52.0 Å². The fourth-order valence-electron chi connectivity index (χ4n) is 4.53. The molecule has 0 aromatic heterocycles. The zero-order chi connectivity index (χ0) is 26.0. The number of halogens is 1. The van der Waals surface area contributed by atoms with Crippen LogP contribution in [0.2, 0.25) is 5.02 Å². The van der Waals surface area contributed by atoms with Gasteiger partial charge in [-0.1, -0.05) is 87.8 Å². The predicted molar refractivity (Wildman–Crippen MR) is 148 cm³/mol. The van der Waals surface area contributed by atoms with Crippen LogP contribution in [0.25, 0.3) is 0 Å². The monoisotopic (exact) mass is 504 g/mol. The fourth-order valence-corrected chi connectivity index (χ4v) is 4.70. The van der Waals surface area contributed by atoms with E-state index in [-0.39, 0.29) is 17.7 Å². The van der Waals surface area contributed by atoms with Crippen molar-refractivity contribution in [2.75, 3.05) is 17.3 Å². The molecule has 1 aliphatic heterocycles. The molecule has 0 bridgehead atoms. The summed E-state index contributed by atoms with van der Waals surface area (Å²) in [5.74, 6) is 0.226. The Balaban J connectivity index is 1.72. The Morgan fingerprint density at radius 2 is 1.58 bits per heavy atom. The number of rotatable bonds is 7. The number of nitrogens with zero attached hydrogens (tertiary/aromatic N) is 2. The number of hydrogen-bond acceptors (Lipinski definition) is 5. The predicted octanol–water partition coefficient (Wildman–Crippen LogP) is 5.70. The number of benzodiazepines with no additional fused rings is 1. The van der Waals surface area contributed by atoms with Gasteiger partial charge in [-0.15, -0.1) is 0 Å². The van der Waals surface area contributed by atoms with Crippen LogP contribution in [0.15, 0.2) is 71.7 Å². The normalized spacial score (nSPS) is 16.6. The molecule has 3 aromatic rings. The average molecular weight is 505 g/mol. The van der Waals surface area contributed by atoms with Crippen molar-refractivity contribution < 1.29 is 9.90 Å². The van der Waals surface area contributed by atoms with Crippen molar-refractivity contribution in [1.29, 1.82) is 0 Å². The topological polar surface area (TPSA) is 77.0 Å². The highest BCUT2D eigenvalue weighted by atomic mass is 35.5. The van der Waals surface area contributed by atoms with E-state index in [4.69, 9.17) is 16.6 Å². The standard InChI is InChI=1S/C29H33ClN4O2/c1-17(2)21-12-9-13-22(18(3)4)26(21)32-29(36)33-27-28(35)34(5)24-15-14-20(30)16-23(24)25(31-27)19-10-7-6-8-11-19/h6-18,27,29,32-33,36H,1-5H3. The van der Waals surface area contributed by atoms with Gasteiger partial charge < -0.3 is 15.3 Å². The number of para-hydroxylation sites is 1. The lowest BCUT2D eigenvalue weighted by atomic mass is 9.93. The average Bonchev–Trinajstić information content (AvgIpc) is 2.94. The molecule has 0 radical (unpaired) electrons. The molecular formula is C29H33ClN4O2. The Labute approximate surface area is 218 Å². The number of aliphatic imine (C=N–C) groups is 1. The maximum atomic E-state index is 13.5. The van der Waals surface area contributed by atoms with Crippen molar-refractivity contribution in [3.05, 3.63) is 94.0 Å². The minimum absolute atomic E-state index is 0.256. The lowest BCUT2D eigenvalue weighted by Crippen LogP contribution is -2.50. The van der Waals surface area contributed by atoms with Gasteiger partial charge >= 0.3 is 0 Å². The molecule has 2 unspecified atom stereocenters. The van der Waals surface area contributed by atoms with Crippen LogP contribution < -0.4 is 15.5 Å². The maximum Gasteiger partial charge on any atom is 0.266 e. The van der Waals surface area contributed by atoms with Gasteiger partial charge in [-0.05, 0) is 41.2 Å². The first kappa shape index (κ1) is 25.9. The molecule has 1 heterocycles. The number of nitrogens with one attached hydrogen (secondary N) is 2. The molecule has 2 atom stereocenters. The number of aliphatic hydroxyl groups excluding tert-OH is 1. The van der Waals surface area contributed by atoms with E-state index in [1.54, 1.807) is 18.0 Å². The summed E-state index contributed by atoms with van der Waals surface area (Å²) in [6.07, 6.45) is -2.23. The Kier molecular flexibility index (Phi) is 7.79. The molecule has 3 N–H and O–H groups in total. The number of hydrogen-bond donors (Lipinski definition) is 3. The van der Waals surface area contributed by atoms with Crippen molar-refractivity contribution >= 4 is 34.6 Å². The van der Waals surface area contributed by atoms with E-state index >= 15 is 0 Å². The number of carbonyl (C=O) groups excluding carboxylic acids is 1. The number of amides is 1. The molecule has 7 heteroatoms. The second kappa shape index (κ2) is 10.8. The summed E-state index contributed by atoms with van der Waals surface area (Å²) in [6.45, 7) is 8.47. The van der Waals surface area contributed by atoms with E-state index in [1.165, 1.54) is 0 Å². The molecule has 0 saturated heterocycles. The number of benzene rings is 3.